The summed E-state index contributed by atoms with van der Waals surface area (Å²) in [7, 11) is 0. The molecule has 0 aromatic heterocycles. The molecule has 1 atom stereocenters. The second-order valence-corrected chi connectivity index (χ2v) is 4.83. The average Bonchev–Trinajstić information content (AvgIpc) is 2.27. The third-order valence-electron chi connectivity index (χ3n) is 3.35. The monoisotopic (exact) mass is 259 g/mol. The van der Waals surface area contributed by atoms with Gasteiger partial charge in [0.25, 0.3) is 0 Å². The Morgan fingerprint density at radius 2 is 2.06 bits per heavy atom. The van der Waals surface area contributed by atoms with Gasteiger partial charge in [-0.05, 0) is 30.0 Å². The first-order valence-electron chi connectivity index (χ1n) is 5.91. The number of aliphatic hydroxyl groups excluding tert-OH is 1. The van der Waals surface area contributed by atoms with E-state index in [2.05, 4.69) is 0 Å². The number of nitrogens with zero attached hydrogens (tertiary/aromatic N) is 1. The van der Waals surface area contributed by atoms with Crippen LogP contribution in [0.2, 0.25) is 0 Å². The number of halogens is 3. The van der Waals surface area contributed by atoms with Crippen LogP contribution in [0.5, 0.6) is 0 Å². The lowest BCUT2D eigenvalue weighted by molar-refractivity contribution is -0.152. The van der Waals surface area contributed by atoms with Crippen LogP contribution in [-0.4, -0.2) is 28.8 Å². The molecule has 0 fully saturated rings. The zero-order valence-electron chi connectivity index (χ0n) is 10.2. The fraction of sp³-hybridized carbons (Fsp3) is 0.538. The molecule has 1 aliphatic rings. The smallest absolute Gasteiger partial charge is 0.392 e. The second-order valence-electron chi connectivity index (χ2n) is 4.83. The largest absolute Gasteiger partial charge is 0.401 e. The molecule has 0 saturated heterocycles. The molecule has 0 radical (unpaired) electrons. The molecule has 0 amide bonds. The zero-order valence-corrected chi connectivity index (χ0v) is 10.2. The van der Waals surface area contributed by atoms with Crippen molar-refractivity contribution >= 4 is 0 Å². The van der Waals surface area contributed by atoms with Crippen molar-refractivity contribution in [1.29, 1.82) is 0 Å². The first-order valence-corrected chi connectivity index (χ1v) is 5.91. The summed E-state index contributed by atoms with van der Waals surface area (Å²) in [5, 5.41) is 9.05. The minimum absolute atomic E-state index is 0.0338. The average molecular weight is 259 g/mol. The molecule has 0 spiro atoms. The second kappa shape index (κ2) is 4.90. The Balaban J connectivity index is 2.18. The molecule has 2 rings (SSSR count). The van der Waals surface area contributed by atoms with Gasteiger partial charge in [0.15, 0.2) is 0 Å². The lowest BCUT2D eigenvalue weighted by Crippen LogP contribution is -2.43. The van der Waals surface area contributed by atoms with Gasteiger partial charge in [0.05, 0.1) is 13.2 Å². The van der Waals surface area contributed by atoms with Gasteiger partial charge in [-0.2, -0.15) is 13.2 Å². The third-order valence-corrected chi connectivity index (χ3v) is 3.35. The molecule has 1 aromatic rings. The van der Waals surface area contributed by atoms with Gasteiger partial charge in [-0.15, -0.1) is 0 Å². The van der Waals surface area contributed by atoms with Gasteiger partial charge < -0.3 is 5.11 Å². The van der Waals surface area contributed by atoms with E-state index in [9.17, 15) is 13.2 Å². The van der Waals surface area contributed by atoms with E-state index >= 15 is 0 Å². The van der Waals surface area contributed by atoms with E-state index < -0.39 is 12.7 Å². The summed E-state index contributed by atoms with van der Waals surface area (Å²) in [6.45, 7) is 1.23. The van der Waals surface area contributed by atoms with Crippen LogP contribution in [-0.2, 0) is 19.6 Å². The molecule has 1 N–H and O–H groups in total. The minimum atomic E-state index is -4.16. The molecule has 100 valence electrons. The lowest BCUT2D eigenvalue weighted by Gasteiger charge is -2.35. The summed E-state index contributed by atoms with van der Waals surface area (Å²) in [4.78, 5) is 1.45. The maximum Gasteiger partial charge on any atom is 0.401 e. The van der Waals surface area contributed by atoms with Gasteiger partial charge in [0.1, 0.15) is 0 Å². The number of hydrogen-bond acceptors (Lipinski definition) is 2. The normalized spacial score (nSPS) is 20.8. The number of alkyl halides is 3. The van der Waals surface area contributed by atoms with Crippen LogP contribution in [0.15, 0.2) is 18.2 Å². The van der Waals surface area contributed by atoms with Crippen molar-refractivity contribution < 1.29 is 18.3 Å². The van der Waals surface area contributed by atoms with E-state index in [4.69, 9.17) is 5.11 Å². The summed E-state index contributed by atoms with van der Waals surface area (Å²) >= 11 is 0. The Hall–Kier alpha value is -1.07. The van der Waals surface area contributed by atoms with Crippen LogP contribution in [0.1, 0.15) is 23.6 Å². The number of fused-ring (bicyclic) bond motifs is 1. The zero-order chi connectivity index (χ0) is 13.3. The van der Waals surface area contributed by atoms with Crippen LogP contribution in [0.3, 0.4) is 0 Å². The van der Waals surface area contributed by atoms with Crippen LogP contribution >= 0.6 is 0 Å². The standard InChI is InChI=1S/C13H16F3NO/c1-9-4-12-5-10(7-18)2-3-11(12)6-17(9)8-13(14,15)16/h2-3,5,9,18H,4,6-8H2,1H3. The highest BCUT2D eigenvalue weighted by atomic mass is 19.4. The Morgan fingerprint density at radius 1 is 1.33 bits per heavy atom. The summed E-state index contributed by atoms with van der Waals surface area (Å²) in [5.41, 5.74) is 2.78. The quantitative estimate of drug-likeness (QED) is 0.882. The Labute approximate surface area is 104 Å². The van der Waals surface area contributed by atoms with Crippen molar-refractivity contribution in [2.24, 2.45) is 0 Å². The highest BCUT2D eigenvalue weighted by Gasteiger charge is 2.34. The van der Waals surface area contributed by atoms with Crippen LogP contribution in [0.4, 0.5) is 13.2 Å². The summed E-state index contributed by atoms with van der Waals surface area (Å²) in [6.07, 6.45) is -3.56. The van der Waals surface area contributed by atoms with E-state index in [0.717, 1.165) is 16.7 Å². The summed E-state index contributed by atoms with van der Waals surface area (Å²) in [6, 6.07) is 5.33. The molecule has 0 aliphatic carbocycles. The Kier molecular flexibility index (Phi) is 3.64. The molecule has 1 aliphatic heterocycles. The molecule has 0 saturated carbocycles. The number of hydrogen-bond donors (Lipinski definition) is 1. The number of benzene rings is 1. The van der Waals surface area contributed by atoms with E-state index in [1.807, 2.05) is 12.1 Å². The highest BCUT2D eigenvalue weighted by molar-refractivity contribution is 5.34. The van der Waals surface area contributed by atoms with E-state index in [1.165, 1.54) is 4.90 Å². The van der Waals surface area contributed by atoms with Gasteiger partial charge in [0.2, 0.25) is 0 Å². The third kappa shape index (κ3) is 3.03. The van der Waals surface area contributed by atoms with Crippen molar-refractivity contribution in [3.05, 3.63) is 34.9 Å². The van der Waals surface area contributed by atoms with Crippen molar-refractivity contribution in [2.75, 3.05) is 6.54 Å². The molecule has 1 unspecified atom stereocenters. The molecule has 1 aromatic carbocycles. The number of rotatable bonds is 2. The van der Waals surface area contributed by atoms with Gasteiger partial charge in [0, 0.05) is 12.6 Å². The maximum absolute atomic E-state index is 12.4. The fourth-order valence-electron chi connectivity index (χ4n) is 2.39. The molecular weight excluding hydrogens is 243 g/mol. The predicted octanol–water partition coefficient (Wildman–Crippen LogP) is 2.49. The first kappa shape index (κ1) is 13.4. The SMILES string of the molecule is CC1Cc2cc(CO)ccc2CN1CC(F)(F)F. The van der Waals surface area contributed by atoms with E-state index in [0.29, 0.717) is 13.0 Å². The van der Waals surface area contributed by atoms with Gasteiger partial charge in [-0.25, -0.2) is 0 Å². The molecule has 1 heterocycles. The Morgan fingerprint density at radius 3 is 2.67 bits per heavy atom. The predicted molar refractivity (Wildman–Crippen MR) is 62.0 cm³/mol. The first-order chi connectivity index (χ1) is 8.39. The van der Waals surface area contributed by atoms with Crippen molar-refractivity contribution in [2.45, 2.75) is 38.7 Å². The van der Waals surface area contributed by atoms with E-state index in [1.54, 1.807) is 13.0 Å². The van der Waals surface area contributed by atoms with Crippen LogP contribution in [0, 0.1) is 0 Å². The molecule has 2 nitrogen and oxygen atoms in total. The molecular formula is C13H16F3NO. The Bertz CT molecular complexity index is 431. The van der Waals surface area contributed by atoms with Gasteiger partial charge in [-0.3, -0.25) is 4.90 Å². The molecule has 5 heteroatoms. The van der Waals surface area contributed by atoms with Crippen LogP contribution < -0.4 is 0 Å². The number of aliphatic hydroxyl groups is 1. The van der Waals surface area contributed by atoms with Crippen molar-refractivity contribution in [3.63, 3.8) is 0 Å². The molecule has 18 heavy (non-hydrogen) atoms. The van der Waals surface area contributed by atoms with Crippen LogP contribution in [0.25, 0.3) is 0 Å². The van der Waals surface area contributed by atoms with Crippen molar-refractivity contribution in [3.8, 4) is 0 Å². The van der Waals surface area contributed by atoms with Crippen molar-refractivity contribution in [1.82, 2.24) is 4.90 Å². The van der Waals surface area contributed by atoms with Gasteiger partial charge >= 0.3 is 6.18 Å². The minimum Gasteiger partial charge on any atom is -0.392 e. The van der Waals surface area contributed by atoms with Gasteiger partial charge in [-0.1, -0.05) is 18.2 Å². The maximum atomic E-state index is 12.4. The summed E-state index contributed by atoms with van der Waals surface area (Å²) < 4.78 is 37.3. The molecule has 0 bridgehead atoms. The highest BCUT2D eigenvalue weighted by Crippen LogP contribution is 2.27. The van der Waals surface area contributed by atoms with E-state index in [-0.39, 0.29) is 12.6 Å². The topological polar surface area (TPSA) is 23.5 Å². The summed E-state index contributed by atoms with van der Waals surface area (Å²) in [5.74, 6) is 0. The fourth-order valence-corrected chi connectivity index (χ4v) is 2.39. The lowest BCUT2D eigenvalue weighted by atomic mass is 9.93.